The molecule has 0 unspecified atom stereocenters. The zero-order valence-electron chi connectivity index (χ0n) is 14.6. The van der Waals surface area contributed by atoms with Gasteiger partial charge in [0.15, 0.2) is 0 Å². The van der Waals surface area contributed by atoms with Gasteiger partial charge in [0, 0.05) is 5.69 Å². The van der Waals surface area contributed by atoms with E-state index < -0.39 is 5.54 Å². The van der Waals surface area contributed by atoms with Crippen LogP contribution in [-0.2, 0) is 24.2 Å². The molecule has 6 nitrogen and oxygen atoms in total. The number of amides is 2. The fourth-order valence-corrected chi connectivity index (χ4v) is 3.69. The Morgan fingerprint density at radius 2 is 2.08 bits per heavy atom. The minimum atomic E-state index is -0.992. The summed E-state index contributed by atoms with van der Waals surface area (Å²) in [6.45, 7) is 3.79. The summed E-state index contributed by atoms with van der Waals surface area (Å²) in [4.78, 5) is 25.3. The first kappa shape index (κ1) is 17.7. The molecule has 0 saturated carbocycles. The van der Waals surface area contributed by atoms with Crippen LogP contribution in [0.5, 0.6) is 0 Å². The Morgan fingerprint density at radius 3 is 2.84 bits per heavy atom. The van der Waals surface area contributed by atoms with Gasteiger partial charge in [-0.2, -0.15) is 5.10 Å². The summed E-state index contributed by atoms with van der Waals surface area (Å²) in [5, 5.41) is 15.0. The Labute approximate surface area is 151 Å². The third kappa shape index (κ3) is 4.10. The van der Waals surface area contributed by atoms with E-state index in [0.717, 1.165) is 25.0 Å². The second-order valence-electron chi connectivity index (χ2n) is 6.93. The summed E-state index contributed by atoms with van der Waals surface area (Å²) in [6.07, 6.45) is 5.61. The Balaban J connectivity index is 1.60. The zero-order valence-corrected chi connectivity index (χ0v) is 15.5. The molecular weight excluding hydrogens is 336 g/mol. The van der Waals surface area contributed by atoms with Crippen molar-refractivity contribution in [3.63, 3.8) is 0 Å². The quantitative estimate of drug-likeness (QED) is 0.716. The minimum absolute atomic E-state index is 0.220. The number of nitrogens with zero attached hydrogens (tertiary/aromatic N) is 1. The lowest BCUT2D eigenvalue weighted by atomic mass is 10.0. The SMILES string of the molecule is CC(C)(NC(=O)c1cccs1)C(=O)NCc1n[nH]c2c1CCCCC2. The van der Waals surface area contributed by atoms with Gasteiger partial charge in [0.25, 0.3) is 5.91 Å². The van der Waals surface area contributed by atoms with Crippen LogP contribution in [0.3, 0.4) is 0 Å². The number of aryl methyl sites for hydroxylation is 1. The maximum Gasteiger partial charge on any atom is 0.262 e. The second-order valence-corrected chi connectivity index (χ2v) is 7.87. The Hall–Kier alpha value is -2.15. The molecule has 0 saturated heterocycles. The van der Waals surface area contributed by atoms with Gasteiger partial charge in [0.05, 0.1) is 17.1 Å². The lowest BCUT2D eigenvalue weighted by molar-refractivity contribution is -0.126. The molecule has 1 aliphatic carbocycles. The Morgan fingerprint density at radius 1 is 1.28 bits per heavy atom. The number of hydrogen-bond donors (Lipinski definition) is 3. The van der Waals surface area contributed by atoms with Crippen LogP contribution in [0.25, 0.3) is 0 Å². The fourth-order valence-electron chi connectivity index (χ4n) is 3.07. The topological polar surface area (TPSA) is 86.9 Å². The maximum atomic E-state index is 12.5. The first-order valence-electron chi connectivity index (χ1n) is 8.66. The number of rotatable bonds is 5. The highest BCUT2D eigenvalue weighted by Crippen LogP contribution is 2.21. The number of carbonyl (C=O) groups excluding carboxylic acids is 2. The standard InChI is InChI=1S/C18H24N4O2S/c1-18(2,20-16(23)15-9-6-10-25-15)17(24)19-11-14-12-7-4-3-5-8-13(12)21-22-14/h6,9-10H,3-5,7-8,11H2,1-2H3,(H,19,24)(H,20,23)(H,21,22). The van der Waals surface area contributed by atoms with Crippen LogP contribution in [0.4, 0.5) is 0 Å². The van der Waals surface area contributed by atoms with E-state index in [2.05, 4.69) is 20.8 Å². The molecular formula is C18H24N4O2S. The number of H-pyrrole nitrogens is 1. The Bertz CT molecular complexity index is 749. The van der Waals surface area contributed by atoms with E-state index in [1.54, 1.807) is 19.9 Å². The highest BCUT2D eigenvalue weighted by Gasteiger charge is 2.30. The molecule has 2 amide bonds. The van der Waals surface area contributed by atoms with Gasteiger partial charge >= 0.3 is 0 Å². The number of aromatic nitrogens is 2. The molecule has 134 valence electrons. The maximum absolute atomic E-state index is 12.5. The lowest BCUT2D eigenvalue weighted by Gasteiger charge is -2.24. The van der Waals surface area contributed by atoms with Crippen molar-refractivity contribution in [3.05, 3.63) is 39.3 Å². The third-order valence-electron chi connectivity index (χ3n) is 4.55. The smallest absolute Gasteiger partial charge is 0.262 e. The van der Waals surface area contributed by atoms with E-state index in [1.807, 2.05) is 11.4 Å². The average Bonchev–Trinajstić information content (AvgIpc) is 3.18. The van der Waals surface area contributed by atoms with Crippen LogP contribution in [0.1, 0.15) is 59.7 Å². The summed E-state index contributed by atoms with van der Waals surface area (Å²) in [6, 6.07) is 3.56. The number of carbonyl (C=O) groups is 2. The highest BCUT2D eigenvalue weighted by atomic mass is 32.1. The van der Waals surface area contributed by atoms with Crippen molar-refractivity contribution >= 4 is 23.2 Å². The molecule has 3 rings (SSSR count). The van der Waals surface area contributed by atoms with Crippen LogP contribution in [0.15, 0.2) is 17.5 Å². The van der Waals surface area contributed by atoms with E-state index >= 15 is 0 Å². The molecule has 2 heterocycles. The zero-order chi connectivity index (χ0) is 17.9. The molecule has 0 aliphatic heterocycles. The van der Waals surface area contributed by atoms with Gasteiger partial charge in [0.1, 0.15) is 5.54 Å². The summed E-state index contributed by atoms with van der Waals surface area (Å²) in [5.74, 6) is -0.452. The molecule has 25 heavy (non-hydrogen) atoms. The van der Waals surface area contributed by atoms with Crippen LogP contribution < -0.4 is 10.6 Å². The molecule has 1 aliphatic rings. The molecule has 0 fully saturated rings. The summed E-state index contributed by atoms with van der Waals surface area (Å²) < 4.78 is 0. The van der Waals surface area contributed by atoms with Crippen molar-refractivity contribution in [2.24, 2.45) is 0 Å². The number of nitrogens with one attached hydrogen (secondary N) is 3. The van der Waals surface area contributed by atoms with Crippen molar-refractivity contribution in [1.29, 1.82) is 0 Å². The lowest BCUT2D eigenvalue weighted by Crippen LogP contribution is -2.54. The highest BCUT2D eigenvalue weighted by molar-refractivity contribution is 7.12. The first-order chi connectivity index (χ1) is 12.0. The average molecular weight is 360 g/mol. The van der Waals surface area contributed by atoms with Crippen LogP contribution in [-0.4, -0.2) is 27.6 Å². The van der Waals surface area contributed by atoms with Crippen molar-refractivity contribution in [3.8, 4) is 0 Å². The van der Waals surface area contributed by atoms with Crippen molar-refractivity contribution in [2.45, 2.75) is 58.0 Å². The van der Waals surface area contributed by atoms with Crippen LogP contribution >= 0.6 is 11.3 Å². The Kier molecular flexibility index (Phi) is 5.22. The normalized spacial score (nSPS) is 14.5. The van der Waals surface area contributed by atoms with E-state index in [0.29, 0.717) is 11.4 Å². The van der Waals surface area contributed by atoms with E-state index in [9.17, 15) is 9.59 Å². The molecule has 3 N–H and O–H groups in total. The molecule has 0 aromatic carbocycles. The monoisotopic (exact) mass is 360 g/mol. The fraction of sp³-hybridized carbons (Fsp3) is 0.500. The third-order valence-corrected chi connectivity index (χ3v) is 5.42. The number of thiophene rings is 1. The van der Waals surface area contributed by atoms with E-state index in [4.69, 9.17) is 0 Å². The number of aromatic amines is 1. The number of hydrogen-bond acceptors (Lipinski definition) is 4. The molecule has 2 aromatic heterocycles. The van der Waals surface area contributed by atoms with Gasteiger partial charge < -0.3 is 10.6 Å². The summed E-state index contributed by atoms with van der Waals surface area (Å²) >= 11 is 1.35. The van der Waals surface area contributed by atoms with Gasteiger partial charge in [-0.15, -0.1) is 11.3 Å². The van der Waals surface area contributed by atoms with Crippen molar-refractivity contribution < 1.29 is 9.59 Å². The molecule has 0 radical (unpaired) electrons. The summed E-state index contributed by atoms with van der Waals surface area (Å²) in [5.41, 5.74) is 2.37. The van der Waals surface area contributed by atoms with E-state index in [-0.39, 0.29) is 11.8 Å². The predicted octanol–water partition coefficient (Wildman–Crippen LogP) is 2.56. The van der Waals surface area contributed by atoms with Crippen molar-refractivity contribution in [1.82, 2.24) is 20.8 Å². The van der Waals surface area contributed by atoms with Gasteiger partial charge in [-0.05, 0) is 56.5 Å². The number of fused-ring (bicyclic) bond motifs is 1. The largest absolute Gasteiger partial charge is 0.348 e. The summed E-state index contributed by atoms with van der Waals surface area (Å²) in [7, 11) is 0. The minimum Gasteiger partial charge on any atom is -0.348 e. The molecule has 7 heteroatoms. The van der Waals surface area contributed by atoms with Crippen molar-refractivity contribution in [2.75, 3.05) is 0 Å². The van der Waals surface area contributed by atoms with Crippen LogP contribution in [0, 0.1) is 0 Å². The van der Waals surface area contributed by atoms with Crippen LogP contribution in [0.2, 0.25) is 0 Å². The molecule has 0 atom stereocenters. The molecule has 2 aromatic rings. The first-order valence-corrected chi connectivity index (χ1v) is 9.54. The molecule has 0 bridgehead atoms. The van der Waals surface area contributed by atoms with Gasteiger partial charge in [-0.1, -0.05) is 12.5 Å². The van der Waals surface area contributed by atoms with Gasteiger partial charge in [-0.25, -0.2) is 0 Å². The second kappa shape index (κ2) is 7.39. The molecule has 0 spiro atoms. The van der Waals surface area contributed by atoms with E-state index in [1.165, 1.54) is 35.4 Å². The van der Waals surface area contributed by atoms with Gasteiger partial charge in [0.2, 0.25) is 5.91 Å². The predicted molar refractivity (Wildman–Crippen MR) is 97.6 cm³/mol. The van der Waals surface area contributed by atoms with Gasteiger partial charge in [-0.3, -0.25) is 14.7 Å².